The molecule has 0 saturated carbocycles. The van der Waals surface area contributed by atoms with Crippen LogP contribution in [0.25, 0.3) is 32.8 Å². The van der Waals surface area contributed by atoms with Crippen LogP contribution < -0.4 is 5.43 Å². The summed E-state index contributed by atoms with van der Waals surface area (Å²) in [5.41, 5.74) is 1.87. The van der Waals surface area contributed by atoms with Crippen LogP contribution in [0.15, 0.2) is 63.9 Å². The molecule has 2 aromatic heterocycles. The van der Waals surface area contributed by atoms with E-state index in [1.165, 1.54) is 0 Å². The summed E-state index contributed by atoms with van der Waals surface area (Å²) in [7, 11) is 0. The summed E-state index contributed by atoms with van der Waals surface area (Å²) >= 11 is 0. The van der Waals surface area contributed by atoms with E-state index in [1.54, 1.807) is 24.4 Å². The van der Waals surface area contributed by atoms with Gasteiger partial charge in [0.2, 0.25) is 5.43 Å². The van der Waals surface area contributed by atoms with Gasteiger partial charge in [0.05, 0.1) is 10.8 Å². The molecule has 0 radical (unpaired) electrons. The molecule has 3 nitrogen and oxygen atoms in total. The molecule has 4 rings (SSSR count). The van der Waals surface area contributed by atoms with E-state index < -0.39 is 0 Å². The van der Waals surface area contributed by atoms with Gasteiger partial charge in [0.25, 0.3) is 0 Å². The molecule has 0 spiro atoms. The number of hydrogen-bond acceptors (Lipinski definition) is 3. The molecule has 0 atom stereocenters. The quantitative estimate of drug-likeness (QED) is 0.353. The van der Waals surface area contributed by atoms with Gasteiger partial charge in [0.1, 0.15) is 11.1 Å². The van der Waals surface area contributed by atoms with Crippen molar-refractivity contribution in [1.29, 1.82) is 0 Å². The first kappa shape index (κ1) is 10.3. The Hall–Kier alpha value is -2.68. The Morgan fingerprint density at radius 3 is 2.74 bits per heavy atom. The molecule has 0 aliphatic heterocycles. The Morgan fingerprint density at radius 2 is 1.79 bits per heavy atom. The Labute approximate surface area is 108 Å². The van der Waals surface area contributed by atoms with Gasteiger partial charge in [0.15, 0.2) is 5.58 Å². The second-order valence-corrected chi connectivity index (χ2v) is 4.44. The molecule has 0 unspecified atom stereocenters. The third-order valence-corrected chi connectivity index (χ3v) is 3.32. The van der Waals surface area contributed by atoms with E-state index in [0.29, 0.717) is 21.9 Å². The van der Waals surface area contributed by atoms with Crippen LogP contribution in [-0.2, 0) is 0 Å². The van der Waals surface area contributed by atoms with Crippen LogP contribution in [0.5, 0.6) is 0 Å². The van der Waals surface area contributed by atoms with Gasteiger partial charge in [0, 0.05) is 11.6 Å². The third kappa shape index (κ3) is 1.38. The molecular formula is C16H9NO2. The van der Waals surface area contributed by atoms with E-state index in [-0.39, 0.29) is 5.43 Å². The summed E-state index contributed by atoms with van der Waals surface area (Å²) in [6.07, 6.45) is 1.71. The SMILES string of the molecule is O=c1c2ccccc2oc2c1ccc1cccnc12. The first-order chi connectivity index (χ1) is 9.34. The zero-order valence-corrected chi connectivity index (χ0v) is 9.96. The highest BCUT2D eigenvalue weighted by Gasteiger charge is 2.10. The lowest BCUT2D eigenvalue weighted by Crippen LogP contribution is -2.02. The van der Waals surface area contributed by atoms with Crippen molar-refractivity contribution >= 4 is 32.8 Å². The van der Waals surface area contributed by atoms with Gasteiger partial charge in [-0.15, -0.1) is 0 Å². The highest BCUT2D eigenvalue weighted by Crippen LogP contribution is 2.24. The van der Waals surface area contributed by atoms with Crippen LogP contribution in [0.4, 0.5) is 0 Å². The van der Waals surface area contributed by atoms with Gasteiger partial charge >= 0.3 is 0 Å². The molecule has 4 aromatic rings. The van der Waals surface area contributed by atoms with Crippen LogP contribution in [0.1, 0.15) is 0 Å². The van der Waals surface area contributed by atoms with Crippen LogP contribution in [-0.4, -0.2) is 4.98 Å². The fourth-order valence-corrected chi connectivity index (χ4v) is 2.40. The minimum atomic E-state index is -0.00981. The molecule has 0 aliphatic rings. The smallest absolute Gasteiger partial charge is 0.200 e. The average Bonchev–Trinajstić information content (AvgIpc) is 2.47. The lowest BCUT2D eigenvalue weighted by molar-refractivity contribution is 0.663. The molecule has 0 saturated heterocycles. The zero-order chi connectivity index (χ0) is 12.8. The number of para-hydroxylation sites is 1. The molecule has 0 amide bonds. The molecule has 90 valence electrons. The lowest BCUT2D eigenvalue weighted by Gasteiger charge is -2.03. The Kier molecular flexibility index (Phi) is 1.97. The second-order valence-electron chi connectivity index (χ2n) is 4.44. The number of pyridine rings is 1. The van der Waals surface area contributed by atoms with Gasteiger partial charge in [-0.05, 0) is 24.3 Å². The Morgan fingerprint density at radius 1 is 0.895 bits per heavy atom. The van der Waals surface area contributed by atoms with Crippen molar-refractivity contribution in [1.82, 2.24) is 4.98 Å². The molecule has 0 N–H and O–H groups in total. The molecule has 2 heterocycles. The summed E-state index contributed by atoms with van der Waals surface area (Å²) in [4.78, 5) is 16.8. The zero-order valence-electron chi connectivity index (χ0n) is 9.96. The first-order valence-corrected chi connectivity index (χ1v) is 6.04. The van der Waals surface area contributed by atoms with Gasteiger partial charge in [-0.1, -0.05) is 24.3 Å². The van der Waals surface area contributed by atoms with Crippen molar-refractivity contribution in [3.63, 3.8) is 0 Å². The third-order valence-electron chi connectivity index (χ3n) is 3.32. The van der Waals surface area contributed by atoms with E-state index in [4.69, 9.17) is 4.42 Å². The summed E-state index contributed by atoms with van der Waals surface area (Å²) in [5.74, 6) is 0. The minimum absolute atomic E-state index is 0.00981. The number of hydrogen-bond donors (Lipinski definition) is 0. The molecule has 0 bridgehead atoms. The number of rotatable bonds is 0. The van der Waals surface area contributed by atoms with Crippen molar-refractivity contribution < 1.29 is 4.42 Å². The molecular weight excluding hydrogens is 238 g/mol. The molecule has 3 heteroatoms. The maximum atomic E-state index is 12.4. The Bertz CT molecular complexity index is 986. The normalized spacial score (nSPS) is 11.4. The minimum Gasteiger partial charge on any atom is -0.454 e. The van der Waals surface area contributed by atoms with E-state index in [0.717, 1.165) is 10.9 Å². The fourth-order valence-electron chi connectivity index (χ4n) is 2.40. The largest absolute Gasteiger partial charge is 0.454 e. The van der Waals surface area contributed by atoms with Gasteiger partial charge < -0.3 is 4.42 Å². The fraction of sp³-hybridized carbons (Fsp3) is 0. The number of benzene rings is 2. The second kappa shape index (κ2) is 3.65. The van der Waals surface area contributed by atoms with Crippen molar-refractivity contribution in [2.24, 2.45) is 0 Å². The first-order valence-electron chi connectivity index (χ1n) is 6.04. The highest BCUT2D eigenvalue weighted by atomic mass is 16.3. The van der Waals surface area contributed by atoms with E-state index in [2.05, 4.69) is 4.98 Å². The van der Waals surface area contributed by atoms with Crippen molar-refractivity contribution in [2.45, 2.75) is 0 Å². The van der Waals surface area contributed by atoms with E-state index in [1.807, 2.05) is 30.3 Å². The summed E-state index contributed by atoms with van der Waals surface area (Å²) < 4.78 is 5.88. The summed E-state index contributed by atoms with van der Waals surface area (Å²) in [6, 6.07) is 14.8. The number of aromatic nitrogens is 1. The van der Waals surface area contributed by atoms with Crippen LogP contribution in [0.3, 0.4) is 0 Å². The molecule has 19 heavy (non-hydrogen) atoms. The van der Waals surface area contributed by atoms with Crippen LogP contribution in [0, 0.1) is 0 Å². The molecule has 2 aromatic carbocycles. The molecule has 0 fully saturated rings. The standard InChI is InChI=1S/C16H9NO2/c18-15-11-5-1-2-6-13(11)19-16-12(15)8-7-10-4-3-9-17-14(10)16/h1-9H. The summed E-state index contributed by atoms with van der Waals surface area (Å²) in [5, 5.41) is 2.14. The topological polar surface area (TPSA) is 43.1 Å². The van der Waals surface area contributed by atoms with E-state index in [9.17, 15) is 4.79 Å². The van der Waals surface area contributed by atoms with Crippen molar-refractivity contribution in [3.8, 4) is 0 Å². The van der Waals surface area contributed by atoms with E-state index >= 15 is 0 Å². The summed E-state index contributed by atoms with van der Waals surface area (Å²) in [6.45, 7) is 0. The maximum Gasteiger partial charge on any atom is 0.200 e. The predicted octanol–water partition coefficient (Wildman–Crippen LogP) is 3.49. The number of nitrogens with zero attached hydrogens (tertiary/aromatic N) is 1. The van der Waals surface area contributed by atoms with Gasteiger partial charge in [-0.2, -0.15) is 0 Å². The van der Waals surface area contributed by atoms with Crippen LogP contribution >= 0.6 is 0 Å². The van der Waals surface area contributed by atoms with Gasteiger partial charge in [-0.3, -0.25) is 9.78 Å². The predicted molar refractivity (Wildman–Crippen MR) is 75.3 cm³/mol. The monoisotopic (exact) mass is 247 g/mol. The van der Waals surface area contributed by atoms with Crippen molar-refractivity contribution in [3.05, 3.63) is 65.0 Å². The van der Waals surface area contributed by atoms with Gasteiger partial charge in [-0.25, -0.2) is 0 Å². The van der Waals surface area contributed by atoms with Crippen LogP contribution in [0.2, 0.25) is 0 Å². The average molecular weight is 247 g/mol. The lowest BCUT2D eigenvalue weighted by atomic mass is 10.1. The number of fused-ring (bicyclic) bond motifs is 4. The highest BCUT2D eigenvalue weighted by molar-refractivity contribution is 6.04. The Balaban J connectivity index is 2.36. The molecule has 0 aliphatic carbocycles. The van der Waals surface area contributed by atoms with Crippen molar-refractivity contribution in [2.75, 3.05) is 0 Å². The maximum absolute atomic E-state index is 12.4.